The topological polar surface area (TPSA) is 82.8 Å². The molecule has 0 saturated heterocycles. The van der Waals surface area contributed by atoms with Crippen LogP contribution in [0.4, 0.5) is 11.5 Å². The van der Waals surface area contributed by atoms with Gasteiger partial charge in [0.05, 0.1) is 17.4 Å². The Kier molecular flexibility index (Phi) is 1.98. The quantitative estimate of drug-likeness (QED) is 0.658. The van der Waals surface area contributed by atoms with Crippen molar-refractivity contribution in [3.05, 3.63) is 42.6 Å². The second kappa shape index (κ2) is 3.48. The number of para-hydroxylation sites is 1. The van der Waals surface area contributed by atoms with E-state index in [1.165, 1.54) is 0 Å². The average Bonchev–Trinajstić information content (AvgIpc) is 2.76. The first-order chi connectivity index (χ1) is 8.25. The van der Waals surface area contributed by atoms with Crippen molar-refractivity contribution < 1.29 is 0 Å². The lowest BCUT2D eigenvalue weighted by Gasteiger charge is -2.05. The van der Waals surface area contributed by atoms with E-state index in [1.807, 2.05) is 24.3 Å². The van der Waals surface area contributed by atoms with Crippen molar-refractivity contribution in [2.24, 2.45) is 0 Å². The number of pyridine rings is 1. The van der Waals surface area contributed by atoms with Gasteiger partial charge >= 0.3 is 0 Å². The fourth-order valence-electron chi connectivity index (χ4n) is 1.75. The Labute approximate surface area is 97.7 Å². The van der Waals surface area contributed by atoms with Crippen molar-refractivity contribution in [1.82, 2.24) is 14.8 Å². The molecule has 4 N–H and O–H groups in total. The van der Waals surface area contributed by atoms with Gasteiger partial charge in [-0.2, -0.15) is 5.10 Å². The van der Waals surface area contributed by atoms with E-state index in [2.05, 4.69) is 10.1 Å². The van der Waals surface area contributed by atoms with Gasteiger partial charge < -0.3 is 11.5 Å². The minimum Gasteiger partial charge on any atom is -0.396 e. The van der Waals surface area contributed by atoms with Gasteiger partial charge in [-0.05, 0) is 18.2 Å². The van der Waals surface area contributed by atoms with Crippen LogP contribution < -0.4 is 11.5 Å². The zero-order valence-electron chi connectivity index (χ0n) is 9.04. The molecule has 0 amide bonds. The summed E-state index contributed by atoms with van der Waals surface area (Å²) in [7, 11) is 0. The largest absolute Gasteiger partial charge is 0.396 e. The molecule has 1 aromatic carbocycles. The third-order valence-corrected chi connectivity index (χ3v) is 2.64. The fourth-order valence-corrected chi connectivity index (χ4v) is 1.75. The van der Waals surface area contributed by atoms with Crippen LogP contribution in [0, 0.1) is 0 Å². The summed E-state index contributed by atoms with van der Waals surface area (Å²) in [5.74, 6) is 0.986. The third kappa shape index (κ3) is 1.48. The molecule has 0 aliphatic carbocycles. The molecule has 0 aliphatic rings. The van der Waals surface area contributed by atoms with Gasteiger partial charge in [-0.15, -0.1) is 0 Å². The highest BCUT2D eigenvalue weighted by atomic mass is 15.3. The van der Waals surface area contributed by atoms with E-state index < -0.39 is 0 Å². The summed E-state index contributed by atoms with van der Waals surface area (Å²) in [5, 5.41) is 5.35. The van der Waals surface area contributed by atoms with E-state index in [1.54, 1.807) is 23.0 Å². The van der Waals surface area contributed by atoms with E-state index in [0.717, 1.165) is 10.9 Å². The summed E-state index contributed by atoms with van der Waals surface area (Å²) in [6, 6.07) is 11.4. The predicted molar refractivity (Wildman–Crippen MR) is 67.7 cm³/mol. The molecule has 0 spiro atoms. The highest BCUT2D eigenvalue weighted by Crippen LogP contribution is 2.19. The molecule has 0 saturated carbocycles. The molecular weight excluding hydrogens is 214 g/mol. The zero-order chi connectivity index (χ0) is 11.8. The molecule has 3 aromatic rings. The standard InChI is InChI=1S/C12H11N5/c13-9-5-6-11(16-12(9)14)17-10-4-2-1-3-8(10)7-15-17/h1-7H,13H2,(H2,14,16). The van der Waals surface area contributed by atoms with Gasteiger partial charge in [0.15, 0.2) is 5.82 Å². The molecule has 2 aromatic heterocycles. The average molecular weight is 225 g/mol. The summed E-state index contributed by atoms with van der Waals surface area (Å²) in [4.78, 5) is 4.22. The highest BCUT2D eigenvalue weighted by molar-refractivity contribution is 5.80. The van der Waals surface area contributed by atoms with Gasteiger partial charge in [0.2, 0.25) is 0 Å². The molecule has 17 heavy (non-hydrogen) atoms. The van der Waals surface area contributed by atoms with Crippen LogP contribution in [-0.2, 0) is 0 Å². The van der Waals surface area contributed by atoms with Crippen molar-refractivity contribution in [3.63, 3.8) is 0 Å². The lowest BCUT2D eigenvalue weighted by atomic mass is 10.2. The Morgan fingerprint density at radius 2 is 1.82 bits per heavy atom. The third-order valence-electron chi connectivity index (χ3n) is 2.64. The van der Waals surface area contributed by atoms with Crippen LogP contribution in [0.25, 0.3) is 16.7 Å². The van der Waals surface area contributed by atoms with Gasteiger partial charge in [0, 0.05) is 5.39 Å². The van der Waals surface area contributed by atoms with Crippen LogP contribution >= 0.6 is 0 Å². The second-order valence-corrected chi connectivity index (χ2v) is 3.76. The Bertz CT molecular complexity index is 686. The number of nitrogen functional groups attached to an aromatic ring is 2. The van der Waals surface area contributed by atoms with E-state index in [-0.39, 0.29) is 0 Å². The molecule has 5 nitrogen and oxygen atoms in total. The van der Waals surface area contributed by atoms with Crippen LogP contribution in [0.1, 0.15) is 0 Å². The Morgan fingerprint density at radius 1 is 1.00 bits per heavy atom. The predicted octanol–water partition coefficient (Wildman–Crippen LogP) is 1.58. The number of hydrogen-bond donors (Lipinski definition) is 2. The van der Waals surface area contributed by atoms with Crippen molar-refractivity contribution in [2.75, 3.05) is 11.5 Å². The Balaban J connectivity index is 2.24. The lowest BCUT2D eigenvalue weighted by Crippen LogP contribution is -2.04. The van der Waals surface area contributed by atoms with Gasteiger partial charge in [0.25, 0.3) is 0 Å². The van der Waals surface area contributed by atoms with Crippen molar-refractivity contribution in [2.45, 2.75) is 0 Å². The molecule has 3 rings (SSSR count). The summed E-state index contributed by atoms with van der Waals surface area (Å²) in [5.41, 5.74) is 12.8. The first-order valence-corrected chi connectivity index (χ1v) is 5.21. The summed E-state index contributed by atoms with van der Waals surface area (Å²) >= 11 is 0. The van der Waals surface area contributed by atoms with Crippen LogP contribution in [0.5, 0.6) is 0 Å². The molecule has 0 fully saturated rings. The molecule has 0 atom stereocenters. The van der Waals surface area contributed by atoms with Crippen molar-refractivity contribution in [3.8, 4) is 5.82 Å². The van der Waals surface area contributed by atoms with Crippen molar-refractivity contribution >= 4 is 22.4 Å². The van der Waals surface area contributed by atoms with Crippen LogP contribution in [0.15, 0.2) is 42.6 Å². The smallest absolute Gasteiger partial charge is 0.156 e. The Morgan fingerprint density at radius 3 is 2.65 bits per heavy atom. The molecule has 0 bridgehead atoms. The van der Waals surface area contributed by atoms with Crippen molar-refractivity contribution in [1.29, 1.82) is 0 Å². The van der Waals surface area contributed by atoms with E-state index >= 15 is 0 Å². The van der Waals surface area contributed by atoms with Crippen LogP contribution in [-0.4, -0.2) is 14.8 Å². The second-order valence-electron chi connectivity index (χ2n) is 3.76. The maximum absolute atomic E-state index is 5.69. The minimum atomic E-state index is 0.321. The minimum absolute atomic E-state index is 0.321. The molecule has 2 heterocycles. The fraction of sp³-hybridized carbons (Fsp3) is 0. The summed E-state index contributed by atoms with van der Waals surface area (Å²) < 4.78 is 1.74. The monoisotopic (exact) mass is 225 g/mol. The van der Waals surface area contributed by atoms with E-state index in [4.69, 9.17) is 11.5 Å². The number of fused-ring (bicyclic) bond motifs is 1. The molecule has 0 radical (unpaired) electrons. The molecule has 84 valence electrons. The highest BCUT2D eigenvalue weighted by Gasteiger charge is 2.06. The summed E-state index contributed by atoms with van der Waals surface area (Å²) in [6.45, 7) is 0. The normalized spacial score (nSPS) is 10.8. The molecular formula is C12H11N5. The van der Waals surface area contributed by atoms with Gasteiger partial charge in [-0.25, -0.2) is 9.67 Å². The molecule has 5 heteroatoms. The van der Waals surface area contributed by atoms with Crippen LogP contribution in [0.3, 0.4) is 0 Å². The maximum atomic E-state index is 5.69. The van der Waals surface area contributed by atoms with E-state index in [0.29, 0.717) is 17.3 Å². The first kappa shape index (κ1) is 9.65. The number of hydrogen-bond acceptors (Lipinski definition) is 4. The number of benzene rings is 1. The maximum Gasteiger partial charge on any atom is 0.156 e. The number of rotatable bonds is 1. The Hall–Kier alpha value is -2.56. The van der Waals surface area contributed by atoms with Gasteiger partial charge in [-0.3, -0.25) is 0 Å². The number of nitrogens with zero attached hydrogens (tertiary/aromatic N) is 3. The van der Waals surface area contributed by atoms with E-state index in [9.17, 15) is 0 Å². The lowest BCUT2D eigenvalue weighted by molar-refractivity contribution is 0.877. The SMILES string of the molecule is Nc1ccc(-n2ncc3ccccc32)nc1N. The number of aromatic nitrogens is 3. The molecule has 0 aliphatic heterocycles. The number of anilines is 2. The number of nitrogens with two attached hydrogens (primary N) is 2. The zero-order valence-corrected chi connectivity index (χ0v) is 9.04. The van der Waals surface area contributed by atoms with Gasteiger partial charge in [-0.1, -0.05) is 18.2 Å². The molecule has 0 unspecified atom stereocenters. The van der Waals surface area contributed by atoms with Gasteiger partial charge in [0.1, 0.15) is 5.82 Å². The summed E-state index contributed by atoms with van der Waals surface area (Å²) in [6.07, 6.45) is 1.80. The first-order valence-electron chi connectivity index (χ1n) is 5.21. The van der Waals surface area contributed by atoms with Crippen LogP contribution in [0.2, 0.25) is 0 Å².